The Morgan fingerprint density at radius 3 is 2.60 bits per heavy atom. The first kappa shape index (κ1) is 11.5. The minimum atomic E-state index is 0.642. The number of halogens is 1. The summed E-state index contributed by atoms with van der Waals surface area (Å²) in [6.07, 6.45) is 0. The Kier molecular flexibility index (Phi) is 2.51. The summed E-state index contributed by atoms with van der Waals surface area (Å²) in [5, 5.41) is 2.85. The van der Waals surface area contributed by atoms with Crippen LogP contribution in [0.3, 0.4) is 0 Å². The van der Waals surface area contributed by atoms with Crippen molar-refractivity contribution in [2.45, 2.75) is 0 Å². The highest BCUT2D eigenvalue weighted by Gasteiger charge is 2.10. The van der Waals surface area contributed by atoms with Gasteiger partial charge in [-0.3, -0.25) is 0 Å². The number of oxazole rings is 1. The third kappa shape index (κ3) is 1.77. The second-order valence-corrected chi connectivity index (χ2v) is 5.10. The molecule has 1 heterocycles. The molecule has 3 heteroatoms. The Morgan fingerprint density at radius 1 is 0.900 bits per heavy atom. The van der Waals surface area contributed by atoms with Crippen LogP contribution in [0.15, 0.2) is 65.1 Å². The number of fused-ring (bicyclic) bond motifs is 3. The molecule has 3 aromatic carbocycles. The van der Waals surface area contributed by atoms with Crippen molar-refractivity contribution in [1.29, 1.82) is 0 Å². The monoisotopic (exact) mass is 279 g/mol. The smallest absolute Gasteiger partial charge is 0.227 e. The van der Waals surface area contributed by atoms with Crippen molar-refractivity contribution in [2.24, 2.45) is 0 Å². The van der Waals surface area contributed by atoms with Crippen LogP contribution < -0.4 is 0 Å². The van der Waals surface area contributed by atoms with Crippen molar-refractivity contribution in [3.05, 3.63) is 65.7 Å². The molecule has 96 valence electrons. The van der Waals surface area contributed by atoms with Gasteiger partial charge in [0, 0.05) is 16.0 Å². The van der Waals surface area contributed by atoms with Crippen molar-refractivity contribution in [3.8, 4) is 11.5 Å². The first-order chi connectivity index (χ1) is 9.81. The first-order valence-corrected chi connectivity index (χ1v) is 6.73. The fraction of sp³-hybridized carbons (Fsp3) is 0. The van der Waals surface area contributed by atoms with Gasteiger partial charge < -0.3 is 4.42 Å². The Morgan fingerprint density at radius 2 is 1.75 bits per heavy atom. The summed E-state index contributed by atoms with van der Waals surface area (Å²) in [4.78, 5) is 4.63. The van der Waals surface area contributed by atoms with Crippen LogP contribution in [0.5, 0.6) is 0 Å². The van der Waals surface area contributed by atoms with E-state index in [1.807, 2.05) is 60.7 Å². The molecular weight excluding hydrogens is 270 g/mol. The highest BCUT2D eigenvalue weighted by Crippen LogP contribution is 2.30. The molecule has 0 bridgehead atoms. The lowest BCUT2D eigenvalue weighted by atomic mass is 10.1. The van der Waals surface area contributed by atoms with Gasteiger partial charge in [-0.25, -0.2) is 4.98 Å². The van der Waals surface area contributed by atoms with Crippen molar-refractivity contribution in [1.82, 2.24) is 4.98 Å². The van der Waals surface area contributed by atoms with E-state index in [9.17, 15) is 0 Å². The molecule has 4 aromatic rings. The van der Waals surface area contributed by atoms with E-state index in [1.165, 1.54) is 0 Å². The highest BCUT2D eigenvalue weighted by atomic mass is 35.5. The molecule has 0 aliphatic carbocycles. The lowest BCUT2D eigenvalue weighted by Crippen LogP contribution is -1.77. The van der Waals surface area contributed by atoms with E-state index >= 15 is 0 Å². The number of hydrogen-bond donors (Lipinski definition) is 0. The summed E-state index contributed by atoms with van der Waals surface area (Å²) in [5.74, 6) is 0.642. The maximum absolute atomic E-state index is 6.03. The van der Waals surface area contributed by atoms with Gasteiger partial charge in [0.2, 0.25) is 5.89 Å². The summed E-state index contributed by atoms with van der Waals surface area (Å²) in [7, 11) is 0. The zero-order valence-corrected chi connectivity index (χ0v) is 11.3. The second-order valence-electron chi connectivity index (χ2n) is 4.66. The van der Waals surface area contributed by atoms with Gasteiger partial charge >= 0.3 is 0 Å². The third-order valence-electron chi connectivity index (χ3n) is 3.36. The van der Waals surface area contributed by atoms with Crippen molar-refractivity contribution < 1.29 is 4.42 Å². The Labute approximate surface area is 120 Å². The van der Waals surface area contributed by atoms with E-state index in [4.69, 9.17) is 16.0 Å². The summed E-state index contributed by atoms with van der Waals surface area (Å²) in [6.45, 7) is 0. The standard InChI is InChI=1S/C17H10ClNO/c18-13-7-8-14-12(10-13)6-9-15-16(14)19-17(20-15)11-4-2-1-3-5-11/h1-10H. The zero-order chi connectivity index (χ0) is 13.5. The Balaban J connectivity index is 2.02. The van der Waals surface area contributed by atoms with Gasteiger partial charge in [0.15, 0.2) is 5.58 Å². The molecule has 0 amide bonds. The molecule has 2 nitrogen and oxygen atoms in total. The number of aromatic nitrogens is 1. The molecule has 0 fully saturated rings. The molecule has 1 aromatic heterocycles. The van der Waals surface area contributed by atoms with Gasteiger partial charge in [-0.1, -0.05) is 41.9 Å². The van der Waals surface area contributed by atoms with Gasteiger partial charge in [-0.2, -0.15) is 0 Å². The van der Waals surface area contributed by atoms with E-state index < -0.39 is 0 Å². The van der Waals surface area contributed by atoms with E-state index in [0.29, 0.717) is 5.89 Å². The maximum atomic E-state index is 6.03. The van der Waals surface area contributed by atoms with Crippen LogP contribution in [0, 0.1) is 0 Å². The minimum absolute atomic E-state index is 0.642. The van der Waals surface area contributed by atoms with Crippen LogP contribution in [0.25, 0.3) is 33.3 Å². The Hall–Kier alpha value is -2.32. The quantitative estimate of drug-likeness (QED) is 0.472. The normalized spacial score (nSPS) is 11.2. The molecule has 0 aliphatic rings. The summed E-state index contributed by atoms with van der Waals surface area (Å²) in [5.41, 5.74) is 2.64. The maximum Gasteiger partial charge on any atom is 0.227 e. The van der Waals surface area contributed by atoms with Crippen molar-refractivity contribution >= 4 is 33.5 Å². The van der Waals surface area contributed by atoms with Gasteiger partial charge in [0.25, 0.3) is 0 Å². The molecule has 4 rings (SSSR count). The lowest BCUT2D eigenvalue weighted by Gasteiger charge is -1.97. The second kappa shape index (κ2) is 4.36. The number of benzene rings is 3. The van der Waals surface area contributed by atoms with E-state index in [2.05, 4.69) is 4.98 Å². The van der Waals surface area contributed by atoms with Gasteiger partial charge in [0.05, 0.1) is 0 Å². The molecule has 0 aliphatic heterocycles. The van der Waals surface area contributed by atoms with E-state index in [1.54, 1.807) is 0 Å². The largest absolute Gasteiger partial charge is 0.436 e. The van der Waals surface area contributed by atoms with Crippen molar-refractivity contribution in [3.63, 3.8) is 0 Å². The van der Waals surface area contributed by atoms with Gasteiger partial charge in [0.1, 0.15) is 5.52 Å². The fourth-order valence-electron chi connectivity index (χ4n) is 2.39. The molecule has 0 unspecified atom stereocenters. The van der Waals surface area contributed by atoms with Crippen LogP contribution in [-0.2, 0) is 0 Å². The molecule has 0 saturated carbocycles. The number of nitrogens with zero attached hydrogens (tertiary/aromatic N) is 1. The number of rotatable bonds is 1. The number of hydrogen-bond acceptors (Lipinski definition) is 2. The summed E-state index contributed by atoms with van der Waals surface area (Å²) in [6, 6.07) is 19.6. The SMILES string of the molecule is Clc1ccc2c(ccc3oc(-c4ccccc4)nc32)c1. The van der Waals surface area contributed by atoms with Crippen LogP contribution >= 0.6 is 11.6 Å². The molecule has 0 spiro atoms. The molecule has 0 saturated heterocycles. The molecule has 20 heavy (non-hydrogen) atoms. The zero-order valence-electron chi connectivity index (χ0n) is 10.5. The predicted molar refractivity (Wildman–Crippen MR) is 82.0 cm³/mol. The third-order valence-corrected chi connectivity index (χ3v) is 3.59. The van der Waals surface area contributed by atoms with Crippen molar-refractivity contribution in [2.75, 3.05) is 0 Å². The molecule has 0 N–H and O–H groups in total. The van der Waals surface area contributed by atoms with Crippen LogP contribution in [0.2, 0.25) is 5.02 Å². The van der Waals surface area contributed by atoms with Crippen LogP contribution in [0.1, 0.15) is 0 Å². The van der Waals surface area contributed by atoms with Gasteiger partial charge in [-0.05, 0) is 35.7 Å². The highest BCUT2D eigenvalue weighted by molar-refractivity contribution is 6.31. The summed E-state index contributed by atoms with van der Waals surface area (Å²) < 4.78 is 5.85. The minimum Gasteiger partial charge on any atom is -0.436 e. The average molecular weight is 280 g/mol. The summed E-state index contributed by atoms with van der Waals surface area (Å²) >= 11 is 6.03. The molecule has 0 atom stereocenters. The lowest BCUT2D eigenvalue weighted by molar-refractivity contribution is 0.620. The average Bonchev–Trinajstić information content (AvgIpc) is 2.92. The van der Waals surface area contributed by atoms with Gasteiger partial charge in [-0.15, -0.1) is 0 Å². The fourth-order valence-corrected chi connectivity index (χ4v) is 2.58. The Bertz CT molecular complexity index is 912. The topological polar surface area (TPSA) is 26.0 Å². The van der Waals surface area contributed by atoms with E-state index in [0.717, 1.165) is 32.5 Å². The van der Waals surface area contributed by atoms with Crippen LogP contribution in [-0.4, -0.2) is 4.98 Å². The van der Waals surface area contributed by atoms with Crippen LogP contribution in [0.4, 0.5) is 0 Å². The van der Waals surface area contributed by atoms with E-state index in [-0.39, 0.29) is 0 Å². The first-order valence-electron chi connectivity index (χ1n) is 6.35. The molecular formula is C17H10ClNO. The predicted octanol–water partition coefficient (Wildman–Crippen LogP) is 5.30. The molecule has 0 radical (unpaired) electrons.